The van der Waals surface area contributed by atoms with Crippen molar-refractivity contribution < 1.29 is 48.2 Å². The standard InChI is InChI=1S/C30H43NO11Si/c1-28(2,3)43(7,8)40-19-23(33)18-24-16-21(17-25(34)39-6)26(30(36,42-24)29(4,5)13-10-14-32)41-27(35)20-11-9-12-22(15-20)31(37)38/h9-15,17,23-24,26,33,36H,16,18-19H2,1-8H3/b13-10+,21-17+/t23-,24+,26+,30-/m1/s1. The lowest BCUT2D eigenvalue weighted by molar-refractivity contribution is -0.384. The van der Waals surface area contributed by atoms with Crippen LogP contribution in [-0.2, 0) is 28.2 Å². The van der Waals surface area contributed by atoms with E-state index in [1.165, 1.54) is 38.1 Å². The maximum absolute atomic E-state index is 13.3. The van der Waals surface area contributed by atoms with E-state index in [9.17, 15) is 34.7 Å². The number of ether oxygens (including phenoxy) is 3. The summed E-state index contributed by atoms with van der Waals surface area (Å²) < 4.78 is 22.8. The van der Waals surface area contributed by atoms with Gasteiger partial charge in [0.1, 0.15) is 6.29 Å². The average Bonchev–Trinajstić information content (AvgIpc) is 2.91. The molecule has 12 nitrogen and oxygen atoms in total. The van der Waals surface area contributed by atoms with Crippen molar-refractivity contribution in [1.82, 2.24) is 0 Å². The third-order valence-corrected chi connectivity index (χ3v) is 12.5. The number of benzene rings is 1. The smallest absolute Gasteiger partial charge is 0.339 e. The number of hydrogen-bond donors (Lipinski definition) is 2. The number of esters is 2. The summed E-state index contributed by atoms with van der Waals surface area (Å²) >= 11 is 0. The molecule has 0 saturated carbocycles. The van der Waals surface area contributed by atoms with Gasteiger partial charge in [0.2, 0.25) is 5.79 Å². The van der Waals surface area contributed by atoms with E-state index in [2.05, 4.69) is 33.9 Å². The predicted octanol–water partition coefficient (Wildman–Crippen LogP) is 4.25. The Balaban J connectivity index is 2.52. The third kappa shape index (κ3) is 8.89. The van der Waals surface area contributed by atoms with Crippen LogP contribution in [0.4, 0.5) is 5.69 Å². The van der Waals surface area contributed by atoms with E-state index in [4.69, 9.17) is 18.6 Å². The number of aldehydes is 1. The molecule has 1 aromatic rings. The molecule has 13 heteroatoms. The van der Waals surface area contributed by atoms with Gasteiger partial charge in [-0.05, 0) is 42.3 Å². The first-order chi connectivity index (χ1) is 19.8. The number of non-ortho nitro benzene ring substituents is 1. The summed E-state index contributed by atoms with van der Waals surface area (Å²) in [6.45, 7) is 13.4. The number of aliphatic hydroxyl groups is 2. The summed E-state index contributed by atoms with van der Waals surface area (Å²) in [5, 5.41) is 34.2. The van der Waals surface area contributed by atoms with Crippen LogP contribution in [0.2, 0.25) is 18.1 Å². The molecule has 0 aliphatic carbocycles. The zero-order valence-corrected chi connectivity index (χ0v) is 27.0. The van der Waals surface area contributed by atoms with Crippen LogP contribution in [0.1, 0.15) is 57.8 Å². The number of nitrogens with zero attached hydrogens (tertiary/aromatic N) is 1. The molecule has 1 saturated heterocycles. The van der Waals surface area contributed by atoms with Gasteiger partial charge in [-0.3, -0.25) is 14.9 Å². The van der Waals surface area contributed by atoms with Gasteiger partial charge < -0.3 is 28.8 Å². The molecule has 0 aromatic heterocycles. The van der Waals surface area contributed by atoms with E-state index in [1.54, 1.807) is 0 Å². The fourth-order valence-corrected chi connectivity index (χ4v) is 5.36. The largest absolute Gasteiger partial charge is 0.466 e. The van der Waals surface area contributed by atoms with Gasteiger partial charge in [0.15, 0.2) is 14.4 Å². The average molecular weight is 622 g/mol. The highest BCUT2D eigenvalue weighted by Crippen LogP contribution is 2.46. The second-order valence-electron chi connectivity index (χ2n) is 12.7. The molecule has 1 fully saturated rings. The first kappa shape index (κ1) is 36.0. The zero-order valence-electron chi connectivity index (χ0n) is 26.0. The monoisotopic (exact) mass is 621 g/mol. The minimum Gasteiger partial charge on any atom is -0.466 e. The lowest BCUT2D eigenvalue weighted by Crippen LogP contribution is -2.62. The summed E-state index contributed by atoms with van der Waals surface area (Å²) in [5.41, 5.74) is -1.80. The van der Waals surface area contributed by atoms with Crippen LogP contribution < -0.4 is 0 Å². The quantitative estimate of drug-likeness (QED) is 0.0853. The zero-order chi connectivity index (χ0) is 32.8. The number of nitro benzene ring substituents is 1. The van der Waals surface area contributed by atoms with Gasteiger partial charge in [-0.2, -0.15) is 0 Å². The van der Waals surface area contributed by atoms with Crippen molar-refractivity contribution in [2.24, 2.45) is 5.41 Å². The Bertz CT molecular complexity index is 1250. The van der Waals surface area contributed by atoms with Gasteiger partial charge in [0, 0.05) is 30.0 Å². The molecule has 1 heterocycles. The SMILES string of the molecule is COC(=O)/C=C1\C[C@@H](C[C@@H](O)CO[Si](C)(C)C(C)(C)C)O[C@@](O)(C(C)(C)/C=C/C=O)[C@H]1OC(=O)c1cccc([N+](=O)[O-])c1. The topological polar surface area (TPSA) is 172 Å². The molecule has 2 N–H and O–H groups in total. The number of aliphatic hydroxyl groups excluding tert-OH is 1. The molecule has 0 radical (unpaired) electrons. The predicted molar refractivity (Wildman–Crippen MR) is 160 cm³/mol. The van der Waals surface area contributed by atoms with Gasteiger partial charge in [-0.25, -0.2) is 9.59 Å². The lowest BCUT2D eigenvalue weighted by Gasteiger charge is -2.50. The normalized spacial score (nSPS) is 23.2. The molecule has 0 bridgehead atoms. The van der Waals surface area contributed by atoms with Crippen LogP contribution in [0.5, 0.6) is 0 Å². The van der Waals surface area contributed by atoms with Crippen LogP contribution in [0, 0.1) is 15.5 Å². The summed E-state index contributed by atoms with van der Waals surface area (Å²) in [4.78, 5) is 47.4. The van der Waals surface area contributed by atoms with E-state index in [0.29, 0.717) is 6.29 Å². The second-order valence-corrected chi connectivity index (χ2v) is 17.5. The Hall–Kier alpha value is -3.23. The van der Waals surface area contributed by atoms with Crippen LogP contribution in [0.15, 0.2) is 48.1 Å². The van der Waals surface area contributed by atoms with Crippen molar-refractivity contribution in [3.8, 4) is 0 Å². The van der Waals surface area contributed by atoms with Gasteiger partial charge in [-0.15, -0.1) is 0 Å². The molecule has 1 aliphatic rings. The summed E-state index contributed by atoms with van der Waals surface area (Å²) in [5.74, 6) is -4.19. The molecular weight excluding hydrogens is 578 g/mol. The molecule has 1 aromatic carbocycles. The molecule has 4 atom stereocenters. The Labute approximate surface area is 252 Å². The summed E-state index contributed by atoms with van der Waals surface area (Å²) in [7, 11) is -1.03. The highest BCUT2D eigenvalue weighted by Gasteiger charge is 2.57. The minimum atomic E-state index is -2.37. The van der Waals surface area contributed by atoms with Crippen molar-refractivity contribution >= 4 is 32.2 Å². The third-order valence-electron chi connectivity index (χ3n) is 8.02. The van der Waals surface area contributed by atoms with Crippen LogP contribution in [-0.4, -0.2) is 79.5 Å². The minimum absolute atomic E-state index is 0.00549. The lowest BCUT2D eigenvalue weighted by atomic mass is 9.74. The number of carbonyl (C=O) groups excluding carboxylic acids is 3. The van der Waals surface area contributed by atoms with E-state index in [1.807, 2.05) is 0 Å². The highest BCUT2D eigenvalue weighted by atomic mass is 28.4. The van der Waals surface area contributed by atoms with Crippen LogP contribution in [0.3, 0.4) is 0 Å². The Kier molecular flexibility index (Phi) is 11.7. The highest BCUT2D eigenvalue weighted by molar-refractivity contribution is 6.74. The van der Waals surface area contributed by atoms with Crippen molar-refractivity contribution in [2.45, 2.75) is 89.7 Å². The maximum Gasteiger partial charge on any atom is 0.339 e. The second kappa shape index (κ2) is 14.0. The van der Waals surface area contributed by atoms with Crippen LogP contribution in [0.25, 0.3) is 0 Å². The number of carbonyl (C=O) groups is 3. The molecule has 2 rings (SSSR count). The number of rotatable bonds is 12. The molecule has 238 valence electrons. The first-order valence-electron chi connectivity index (χ1n) is 13.9. The molecule has 1 aliphatic heterocycles. The fourth-order valence-electron chi connectivity index (χ4n) is 4.31. The van der Waals surface area contributed by atoms with E-state index in [-0.39, 0.29) is 41.3 Å². The molecule has 0 unspecified atom stereocenters. The van der Waals surface area contributed by atoms with Crippen molar-refractivity contribution in [3.63, 3.8) is 0 Å². The number of methoxy groups -OCH3 is 1. The van der Waals surface area contributed by atoms with Crippen LogP contribution >= 0.6 is 0 Å². The first-order valence-corrected chi connectivity index (χ1v) is 16.8. The van der Waals surface area contributed by atoms with Gasteiger partial charge >= 0.3 is 11.9 Å². The number of hydrogen-bond acceptors (Lipinski definition) is 11. The number of allylic oxidation sites excluding steroid dienone is 1. The van der Waals surface area contributed by atoms with Crippen molar-refractivity contribution in [3.05, 3.63) is 63.7 Å². The Morgan fingerprint density at radius 2 is 1.91 bits per heavy atom. The summed E-state index contributed by atoms with van der Waals surface area (Å²) in [6.07, 6.45) is 0.549. The van der Waals surface area contributed by atoms with Crippen molar-refractivity contribution in [1.29, 1.82) is 0 Å². The molecule has 0 amide bonds. The Morgan fingerprint density at radius 1 is 1.26 bits per heavy atom. The summed E-state index contributed by atoms with van der Waals surface area (Å²) in [6, 6.07) is 4.84. The fraction of sp³-hybridized carbons (Fsp3) is 0.567. The number of nitro groups is 1. The van der Waals surface area contributed by atoms with E-state index < -0.39 is 54.7 Å². The van der Waals surface area contributed by atoms with E-state index in [0.717, 1.165) is 25.3 Å². The van der Waals surface area contributed by atoms with Gasteiger partial charge in [0.25, 0.3) is 5.69 Å². The van der Waals surface area contributed by atoms with Gasteiger partial charge in [-0.1, -0.05) is 46.8 Å². The molecule has 0 spiro atoms. The van der Waals surface area contributed by atoms with Gasteiger partial charge in [0.05, 0.1) is 36.4 Å². The Morgan fingerprint density at radius 3 is 2.47 bits per heavy atom. The molecular formula is C30H43NO11Si. The van der Waals surface area contributed by atoms with E-state index >= 15 is 0 Å². The maximum atomic E-state index is 13.3. The van der Waals surface area contributed by atoms with Crippen molar-refractivity contribution in [2.75, 3.05) is 13.7 Å². The molecule has 43 heavy (non-hydrogen) atoms.